The van der Waals surface area contributed by atoms with E-state index in [0.29, 0.717) is 42.4 Å². The first-order chi connectivity index (χ1) is 13.1. The van der Waals surface area contributed by atoms with Crippen molar-refractivity contribution in [1.29, 1.82) is 0 Å². The number of carbonyl (C=O) groups excluding carboxylic acids is 2. The lowest BCUT2D eigenvalue weighted by molar-refractivity contribution is -0.137. The van der Waals surface area contributed by atoms with Gasteiger partial charge in [0.15, 0.2) is 11.5 Å². The highest BCUT2D eigenvalue weighted by Gasteiger charge is 2.70. The maximum Gasteiger partial charge on any atom is 0.303 e. The van der Waals surface area contributed by atoms with E-state index in [1.54, 1.807) is 0 Å². The van der Waals surface area contributed by atoms with Crippen molar-refractivity contribution in [2.75, 3.05) is 7.11 Å². The summed E-state index contributed by atoms with van der Waals surface area (Å²) in [6.45, 7) is 3.70. The monoisotopic (exact) mass is 390 g/mol. The first-order valence-corrected chi connectivity index (χ1v) is 9.79. The lowest BCUT2D eigenvalue weighted by atomic mass is 9.64. The molecule has 28 heavy (non-hydrogen) atoms. The van der Waals surface area contributed by atoms with E-state index in [9.17, 15) is 19.5 Å². The van der Waals surface area contributed by atoms with Gasteiger partial charge in [0, 0.05) is 29.4 Å². The summed E-state index contributed by atoms with van der Waals surface area (Å²) < 4.78 is 11.7. The minimum Gasteiger partial charge on any atom is -0.493 e. The van der Waals surface area contributed by atoms with Crippen molar-refractivity contribution in [2.24, 2.45) is 11.3 Å². The average molecular weight is 390 g/mol. The molecule has 0 radical (unpaired) electrons. The van der Waals surface area contributed by atoms with Gasteiger partial charge in [-0.1, -0.05) is 13.8 Å². The largest absolute Gasteiger partial charge is 0.493 e. The number of aliphatic hydroxyl groups excluding tert-OH is 1. The van der Waals surface area contributed by atoms with Crippen molar-refractivity contribution in [3.8, 4) is 0 Å². The molecule has 7 nitrogen and oxygen atoms in total. The molecule has 2 aliphatic heterocycles. The number of rotatable bonds is 4. The molecule has 2 heterocycles. The summed E-state index contributed by atoms with van der Waals surface area (Å²) in [7, 11) is 1.43. The summed E-state index contributed by atoms with van der Waals surface area (Å²) in [4.78, 5) is 36.9. The zero-order valence-corrected chi connectivity index (χ0v) is 16.4. The number of Topliss-reactive ketones (excluding diaryl/α,β-unsaturated/α-hetero) is 2. The van der Waals surface area contributed by atoms with Crippen molar-refractivity contribution in [2.45, 2.75) is 70.2 Å². The van der Waals surface area contributed by atoms with Gasteiger partial charge in [-0.15, -0.1) is 0 Å². The van der Waals surface area contributed by atoms with Crippen molar-refractivity contribution < 1.29 is 34.1 Å². The van der Waals surface area contributed by atoms with E-state index in [1.165, 1.54) is 7.11 Å². The molecule has 0 aromatic rings. The number of aliphatic hydroxyl groups is 1. The molecule has 4 rings (SSSR count). The molecular weight excluding hydrogens is 364 g/mol. The van der Waals surface area contributed by atoms with Gasteiger partial charge in [0.1, 0.15) is 17.8 Å². The van der Waals surface area contributed by atoms with Crippen molar-refractivity contribution in [1.82, 2.24) is 0 Å². The first-order valence-electron chi connectivity index (χ1n) is 9.79. The number of fused-ring (bicyclic) bond motifs is 1. The Bertz CT molecular complexity index is 834. The molecule has 0 saturated carbocycles. The molecule has 152 valence electrons. The molecule has 0 aromatic heterocycles. The number of aliphatic carboxylic acids is 1. The molecule has 2 aliphatic carbocycles. The fourth-order valence-corrected chi connectivity index (χ4v) is 5.70. The van der Waals surface area contributed by atoms with Gasteiger partial charge in [-0.3, -0.25) is 14.4 Å². The summed E-state index contributed by atoms with van der Waals surface area (Å²) >= 11 is 0. The van der Waals surface area contributed by atoms with Gasteiger partial charge in [-0.25, -0.2) is 0 Å². The smallest absolute Gasteiger partial charge is 0.303 e. The van der Waals surface area contributed by atoms with Gasteiger partial charge in [0.05, 0.1) is 7.11 Å². The number of hydrogen-bond donors (Lipinski definition) is 2. The Kier molecular flexibility index (Phi) is 4.32. The third kappa shape index (κ3) is 2.45. The van der Waals surface area contributed by atoms with Gasteiger partial charge in [-0.2, -0.15) is 0 Å². The summed E-state index contributed by atoms with van der Waals surface area (Å²) in [5.41, 5.74) is -0.280. The molecule has 2 fully saturated rings. The minimum atomic E-state index is -1.24. The molecule has 1 spiro atoms. The van der Waals surface area contributed by atoms with E-state index in [2.05, 4.69) is 0 Å². The Morgan fingerprint density at radius 3 is 2.68 bits per heavy atom. The Morgan fingerprint density at radius 2 is 2.04 bits per heavy atom. The second kappa shape index (κ2) is 6.26. The lowest BCUT2D eigenvalue weighted by Crippen LogP contribution is -2.47. The molecular formula is C21H26O7. The second-order valence-corrected chi connectivity index (χ2v) is 8.94. The lowest BCUT2D eigenvalue weighted by Gasteiger charge is -2.38. The maximum absolute atomic E-state index is 13.4. The van der Waals surface area contributed by atoms with E-state index in [1.807, 2.05) is 13.8 Å². The molecule has 2 N–H and O–H groups in total. The third-order valence-corrected chi connectivity index (χ3v) is 6.93. The van der Waals surface area contributed by atoms with Crippen LogP contribution in [0.4, 0.5) is 0 Å². The quantitative estimate of drug-likeness (QED) is 0.755. The van der Waals surface area contributed by atoms with Crippen LogP contribution in [-0.2, 0) is 23.9 Å². The molecule has 1 unspecified atom stereocenters. The third-order valence-electron chi connectivity index (χ3n) is 6.93. The Labute approximate surface area is 163 Å². The zero-order chi connectivity index (χ0) is 20.4. The van der Waals surface area contributed by atoms with Crippen LogP contribution in [0.25, 0.3) is 0 Å². The summed E-state index contributed by atoms with van der Waals surface area (Å²) in [5.74, 6) is -0.944. The molecule has 4 atom stereocenters. The van der Waals surface area contributed by atoms with Crippen molar-refractivity contribution >= 4 is 17.5 Å². The van der Waals surface area contributed by atoms with Crippen LogP contribution in [0.1, 0.15) is 52.4 Å². The van der Waals surface area contributed by atoms with Crippen LogP contribution in [0, 0.1) is 11.3 Å². The number of carbonyl (C=O) groups is 3. The number of carboxylic acid groups (broad SMARTS) is 1. The zero-order valence-electron chi connectivity index (χ0n) is 16.4. The molecule has 4 aliphatic rings. The topological polar surface area (TPSA) is 110 Å². The van der Waals surface area contributed by atoms with Crippen LogP contribution in [0.2, 0.25) is 0 Å². The van der Waals surface area contributed by atoms with Crippen molar-refractivity contribution in [3.63, 3.8) is 0 Å². The fraction of sp³-hybridized carbons (Fsp3) is 0.667. The normalized spacial score (nSPS) is 36.4. The second-order valence-electron chi connectivity index (χ2n) is 8.94. The highest BCUT2D eigenvalue weighted by atomic mass is 16.5. The molecule has 0 aromatic carbocycles. The Balaban J connectivity index is 1.80. The van der Waals surface area contributed by atoms with Gasteiger partial charge < -0.3 is 19.7 Å². The number of methoxy groups -OCH3 is 1. The molecule has 7 heteroatoms. The van der Waals surface area contributed by atoms with E-state index < -0.39 is 29.2 Å². The van der Waals surface area contributed by atoms with Crippen LogP contribution in [0.15, 0.2) is 22.5 Å². The highest BCUT2D eigenvalue weighted by Crippen LogP contribution is 2.61. The summed E-state index contributed by atoms with van der Waals surface area (Å²) in [5, 5.41) is 20.3. The Morgan fingerprint density at radius 1 is 1.32 bits per heavy atom. The highest BCUT2D eigenvalue weighted by molar-refractivity contribution is 6.10. The van der Waals surface area contributed by atoms with Crippen molar-refractivity contribution in [3.05, 3.63) is 22.5 Å². The molecule has 2 saturated heterocycles. The number of ketones is 2. The van der Waals surface area contributed by atoms with E-state index in [-0.39, 0.29) is 36.1 Å². The van der Waals surface area contributed by atoms with Gasteiger partial charge in [0.25, 0.3) is 0 Å². The van der Waals surface area contributed by atoms with Crippen LogP contribution >= 0.6 is 0 Å². The molecule has 0 amide bonds. The number of allylic oxidation sites excluding steroid dienone is 1. The summed E-state index contributed by atoms with van der Waals surface area (Å²) in [6.07, 6.45) is 0.408. The van der Waals surface area contributed by atoms with Crippen LogP contribution in [-0.4, -0.2) is 52.7 Å². The van der Waals surface area contributed by atoms with Crippen LogP contribution in [0.3, 0.4) is 0 Å². The minimum absolute atomic E-state index is 0.0387. The predicted octanol–water partition coefficient (Wildman–Crippen LogP) is 1.93. The number of carboxylic acids is 1. The van der Waals surface area contributed by atoms with E-state index in [4.69, 9.17) is 14.6 Å². The SMILES string of the molecule is COC1=C2C(C)(C)[C@H]3O[C@@]2(CC3=O)[C@@H](O)C2=C(CC(CCC(=O)O)CC2)C1=O. The number of ether oxygens (including phenoxy) is 2. The van der Waals surface area contributed by atoms with E-state index >= 15 is 0 Å². The first kappa shape index (κ1) is 19.3. The van der Waals surface area contributed by atoms with Gasteiger partial charge in [0.2, 0.25) is 5.78 Å². The van der Waals surface area contributed by atoms with Gasteiger partial charge >= 0.3 is 5.97 Å². The maximum atomic E-state index is 13.4. The Hall–Kier alpha value is -1.99. The van der Waals surface area contributed by atoms with E-state index in [0.717, 1.165) is 0 Å². The number of hydrogen-bond acceptors (Lipinski definition) is 6. The average Bonchev–Trinajstić information content (AvgIpc) is 3.08. The predicted molar refractivity (Wildman–Crippen MR) is 97.3 cm³/mol. The fourth-order valence-electron chi connectivity index (χ4n) is 5.70. The van der Waals surface area contributed by atoms with Crippen LogP contribution < -0.4 is 0 Å². The molecule has 2 bridgehead atoms. The van der Waals surface area contributed by atoms with Gasteiger partial charge in [-0.05, 0) is 37.2 Å². The standard InChI is InChI=1S/C21H26O7/c1-20(2)17-16(27-3)15(25)12-8-10(5-7-14(23)24)4-6-11(12)18(26)21(17)9-13(22)19(20)28-21/h10,18-19,26H,4-9H2,1-3H3,(H,23,24)/t10?,18-,19-,21+/m0/s1. The summed E-state index contributed by atoms with van der Waals surface area (Å²) in [6, 6.07) is 0. The van der Waals surface area contributed by atoms with Crippen LogP contribution in [0.5, 0.6) is 0 Å².